The summed E-state index contributed by atoms with van der Waals surface area (Å²) < 4.78 is 1.69. The maximum atomic E-state index is 12.6. The summed E-state index contributed by atoms with van der Waals surface area (Å²) in [5.74, 6) is 4.58. The van der Waals surface area contributed by atoms with Crippen LogP contribution in [-0.4, -0.2) is 38.1 Å². The molecule has 2 aromatic heterocycles. The predicted molar refractivity (Wildman–Crippen MR) is 107 cm³/mol. The van der Waals surface area contributed by atoms with Gasteiger partial charge in [0.15, 0.2) is 0 Å². The molecule has 5 rings (SSSR count). The summed E-state index contributed by atoms with van der Waals surface area (Å²) in [5.41, 5.74) is 3.29. The monoisotopic (exact) mass is 383 g/mol. The van der Waals surface area contributed by atoms with Gasteiger partial charge in [-0.15, -0.1) is 0 Å². The Morgan fingerprint density at radius 1 is 1.22 bits per heavy atom. The molecule has 0 aromatic carbocycles. The van der Waals surface area contributed by atoms with E-state index in [2.05, 4.69) is 22.9 Å². The van der Waals surface area contributed by atoms with Crippen molar-refractivity contribution in [3.63, 3.8) is 0 Å². The number of rotatable bonds is 4. The van der Waals surface area contributed by atoms with Crippen molar-refractivity contribution in [1.82, 2.24) is 19.7 Å². The first-order valence-corrected chi connectivity index (χ1v) is 11.1. The number of aryl methyl sites for hydroxylation is 2. The molecule has 2 fully saturated rings. The summed E-state index contributed by atoms with van der Waals surface area (Å²) in [6.07, 6.45) is 5.58. The molecule has 0 bridgehead atoms. The minimum atomic E-state index is 0.0284. The van der Waals surface area contributed by atoms with Crippen molar-refractivity contribution in [1.29, 1.82) is 0 Å². The van der Waals surface area contributed by atoms with Crippen molar-refractivity contribution in [2.45, 2.75) is 63.3 Å². The number of nitrogens with zero attached hydrogens (tertiary/aromatic N) is 5. The number of hydrogen-bond donors (Lipinski definition) is 0. The second kappa shape index (κ2) is 6.93. The lowest BCUT2D eigenvalue weighted by atomic mass is 10.2. The van der Waals surface area contributed by atoms with E-state index in [1.54, 1.807) is 10.7 Å². The summed E-state index contributed by atoms with van der Waals surface area (Å²) >= 11 is 1.88. The first-order chi connectivity index (χ1) is 13.2. The summed E-state index contributed by atoms with van der Waals surface area (Å²) in [5, 5.41) is 4.71. The number of thioether (sulfide) groups is 1. The van der Waals surface area contributed by atoms with Crippen LogP contribution in [0, 0.1) is 6.92 Å². The van der Waals surface area contributed by atoms with E-state index in [9.17, 15) is 4.79 Å². The van der Waals surface area contributed by atoms with Gasteiger partial charge in [-0.05, 0) is 43.9 Å². The molecule has 142 valence electrons. The molecule has 3 aliphatic rings. The topological polar surface area (TPSA) is 63.9 Å². The zero-order valence-electron chi connectivity index (χ0n) is 15.7. The first-order valence-electron chi connectivity index (χ1n) is 9.97. The third-order valence-corrected chi connectivity index (χ3v) is 6.77. The molecule has 0 amide bonds. The normalized spacial score (nSPS) is 22.1. The van der Waals surface area contributed by atoms with E-state index in [4.69, 9.17) is 10.1 Å². The SMILES string of the molecule is Cc1cc(N2CCCC2Cn2nc3c(cc2=O)CSCC3)nc(C2CC2)n1. The van der Waals surface area contributed by atoms with Crippen LogP contribution in [0.25, 0.3) is 0 Å². The van der Waals surface area contributed by atoms with Crippen LogP contribution in [0.4, 0.5) is 5.82 Å². The largest absolute Gasteiger partial charge is 0.352 e. The van der Waals surface area contributed by atoms with Crippen LogP contribution in [0.1, 0.15) is 54.4 Å². The van der Waals surface area contributed by atoms with Gasteiger partial charge in [-0.1, -0.05) is 0 Å². The van der Waals surface area contributed by atoms with Gasteiger partial charge in [-0.25, -0.2) is 14.6 Å². The molecular formula is C20H25N5OS. The average Bonchev–Trinajstić information content (AvgIpc) is 3.41. The van der Waals surface area contributed by atoms with Gasteiger partial charge in [0.1, 0.15) is 11.6 Å². The number of aromatic nitrogens is 4. The molecule has 1 aliphatic carbocycles. The Morgan fingerprint density at radius 2 is 2.11 bits per heavy atom. The average molecular weight is 384 g/mol. The fourth-order valence-electron chi connectivity index (χ4n) is 4.16. The molecule has 2 aromatic rings. The van der Waals surface area contributed by atoms with Crippen molar-refractivity contribution in [2.75, 3.05) is 17.2 Å². The van der Waals surface area contributed by atoms with Crippen LogP contribution in [-0.2, 0) is 18.7 Å². The Labute approximate surface area is 163 Å². The van der Waals surface area contributed by atoms with E-state index in [0.717, 1.165) is 65.9 Å². The molecule has 1 atom stereocenters. The van der Waals surface area contributed by atoms with Gasteiger partial charge in [0.2, 0.25) is 0 Å². The molecule has 0 spiro atoms. The van der Waals surface area contributed by atoms with Gasteiger partial charge in [0.25, 0.3) is 5.56 Å². The van der Waals surface area contributed by atoms with Crippen LogP contribution in [0.5, 0.6) is 0 Å². The first kappa shape index (κ1) is 17.2. The van der Waals surface area contributed by atoms with Crippen LogP contribution < -0.4 is 10.5 Å². The summed E-state index contributed by atoms with van der Waals surface area (Å²) in [6.45, 7) is 3.68. The zero-order valence-corrected chi connectivity index (χ0v) is 16.5. The second-order valence-corrected chi connectivity index (χ2v) is 9.03. The summed E-state index contributed by atoms with van der Waals surface area (Å²) in [4.78, 5) is 24.4. The summed E-state index contributed by atoms with van der Waals surface area (Å²) in [7, 11) is 0. The van der Waals surface area contributed by atoms with Crippen molar-refractivity contribution >= 4 is 17.6 Å². The minimum absolute atomic E-state index is 0.0284. The maximum Gasteiger partial charge on any atom is 0.267 e. The molecule has 27 heavy (non-hydrogen) atoms. The Bertz CT molecular complexity index is 923. The van der Waals surface area contributed by atoms with Gasteiger partial charge >= 0.3 is 0 Å². The highest BCUT2D eigenvalue weighted by atomic mass is 32.2. The molecule has 6 nitrogen and oxygen atoms in total. The van der Waals surface area contributed by atoms with E-state index < -0.39 is 0 Å². The van der Waals surface area contributed by atoms with Gasteiger partial charge in [-0.2, -0.15) is 16.9 Å². The Morgan fingerprint density at radius 3 is 2.96 bits per heavy atom. The van der Waals surface area contributed by atoms with Crippen molar-refractivity contribution < 1.29 is 0 Å². The lowest BCUT2D eigenvalue weighted by molar-refractivity contribution is 0.479. The smallest absolute Gasteiger partial charge is 0.267 e. The molecule has 1 saturated heterocycles. The van der Waals surface area contributed by atoms with E-state index in [1.165, 1.54) is 12.8 Å². The highest BCUT2D eigenvalue weighted by Crippen LogP contribution is 2.39. The third-order valence-electron chi connectivity index (χ3n) is 5.76. The van der Waals surface area contributed by atoms with Gasteiger partial charge in [-0.3, -0.25) is 4.79 Å². The molecule has 2 aliphatic heterocycles. The van der Waals surface area contributed by atoms with Crippen LogP contribution in [0.15, 0.2) is 16.9 Å². The number of anilines is 1. The second-order valence-electron chi connectivity index (χ2n) is 7.93. The highest BCUT2D eigenvalue weighted by Gasteiger charge is 2.31. The lowest BCUT2D eigenvalue weighted by Gasteiger charge is -2.27. The Hall–Kier alpha value is -1.89. The van der Waals surface area contributed by atoms with Gasteiger partial charge < -0.3 is 4.90 Å². The van der Waals surface area contributed by atoms with E-state index in [0.29, 0.717) is 12.5 Å². The molecule has 1 saturated carbocycles. The fourth-order valence-corrected chi connectivity index (χ4v) is 5.11. The minimum Gasteiger partial charge on any atom is -0.352 e. The molecule has 0 N–H and O–H groups in total. The third kappa shape index (κ3) is 3.49. The molecule has 1 unspecified atom stereocenters. The molecule has 0 radical (unpaired) electrons. The van der Waals surface area contributed by atoms with Crippen molar-refractivity contribution in [2.24, 2.45) is 0 Å². The maximum absolute atomic E-state index is 12.6. The number of hydrogen-bond acceptors (Lipinski definition) is 6. The molecular weight excluding hydrogens is 358 g/mol. The van der Waals surface area contributed by atoms with Crippen LogP contribution in [0.2, 0.25) is 0 Å². The van der Waals surface area contributed by atoms with Crippen LogP contribution >= 0.6 is 11.8 Å². The van der Waals surface area contributed by atoms with Gasteiger partial charge in [0, 0.05) is 42.5 Å². The quantitative estimate of drug-likeness (QED) is 0.809. The van der Waals surface area contributed by atoms with E-state index in [1.807, 2.05) is 11.8 Å². The van der Waals surface area contributed by atoms with Gasteiger partial charge in [0.05, 0.1) is 18.3 Å². The predicted octanol–water partition coefficient (Wildman–Crippen LogP) is 2.68. The highest BCUT2D eigenvalue weighted by molar-refractivity contribution is 7.98. The molecule has 7 heteroatoms. The van der Waals surface area contributed by atoms with Crippen molar-refractivity contribution in [3.8, 4) is 0 Å². The van der Waals surface area contributed by atoms with Crippen molar-refractivity contribution in [3.05, 3.63) is 45.3 Å². The Balaban J connectivity index is 1.41. The zero-order chi connectivity index (χ0) is 18.4. The Kier molecular flexibility index (Phi) is 4.42. The standard InChI is InChI=1S/C20H25N5OS/c1-13-9-18(22-20(21-13)14-4-5-14)24-7-2-3-16(24)11-25-19(26)10-15-12-27-8-6-17(15)23-25/h9-10,14,16H,2-8,11-12H2,1H3. The lowest BCUT2D eigenvalue weighted by Crippen LogP contribution is -2.38. The summed E-state index contributed by atoms with van der Waals surface area (Å²) in [6, 6.07) is 4.16. The number of fused-ring (bicyclic) bond motifs is 1. The fraction of sp³-hybridized carbons (Fsp3) is 0.600. The van der Waals surface area contributed by atoms with Crippen LogP contribution in [0.3, 0.4) is 0 Å². The van der Waals surface area contributed by atoms with E-state index in [-0.39, 0.29) is 11.6 Å². The van der Waals surface area contributed by atoms with E-state index >= 15 is 0 Å². The molecule has 4 heterocycles.